The van der Waals surface area contributed by atoms with Gasteiger partial charge in [0.25, 0.3) is 0 Å². The molecule has 0 radical (unpaired) electrons. The molecule has 2 aromatic heterocycles. The van der Waals surface area contributed by atoms with E-state index in [9.17, 15) is 4.39 Å². The van der Waals surface area contributed by atoms with E-state index in [0.717, 1.165) is 30.2 Å². The van der Waals surface area contributed by atoms with E-state index in [1.165, 1.54) is 12.1 Å². The Morgan fingerprint density at radius 1 is 1.33 bits per heavy atom. The highest BCUT2D eigenvalue weighted by Gasteiger charge is 2.38. The van der Waals surface area contributed by atoms with Crippen LogP contribution in [0.5, 0.6) is 0 Å². The van der Waals surface area contributed by atoms with E-state index in [1.807, 2.05) is 0 Å². The lowest BCUT2D eigenvalue weighted by molar-refractivity contribution is 0.229. The van der Waals surface area contributed by atoms with Crippen LogP contribution in [0.15, 0.2) is 33.4 Å². The van der Waals surface area contributed by atoms with E-state index < -0.39 is 5.54 Å². The minimum atomic E-state index is -0.427. The Hall–Kier alpha value is -2.21. The molecule has 4 rings (SSSR count). The van der Waals surface area contributed by atoms with Gasteiger partial charge in [0.2, 0.25) is 5.89 Å². The number of hydrogen-bond acceptors (Lipinski definition) is 5. The van der Waals surface area contributed by atoms with Crippen LogP contribution < -0.4 is 5.73 Å². The van der Waals surface area contributed by atoms with Crippen molar-refractivity contribution in [2.45, 2.75) is 31.2 Å². The molecule has 0 atom stereocenters. The van der Waals surface area contributed by atoms with E-state index >= 15 is 0 Å². The van der Waals surface area contributed by atoms with Crippen LogP contribution in [0.3, 0.4) is 0 Å². The predicted octanol–water partition coefficient (Wildman–Crippen LogP) is 2.88. The third-order valence-electron chi connectivity index (χ3n) is 4.12. The first kappa shape index (κ1) is 12.5. The van der Waals surface area contributed by atoms with E-state index in [0.29, 0.717) is 23.7 Å². The SMILES string of the molecule is NC1(c2noc(Cc3coc4cc(F)ccc34)n2)CCC1. The third-order valence-corrected chi connectivity index (χ3v) is 4.12. The largest absolute Gasteiger partial charge is 0.464 e. The molecule has 2 N–H and O–H groups in total. The van der Waals surface area contributed by atoms with Gasteiger partial charge < -0.3 is 14.7 Å². The molecule has 5 nitrogen and oxygen atoms in total. The fraction of sp³-hybridized carbons (Fsp3) is 0.333. The summed E-state index contributed by atoms with van der Waals surface area (Å²) in [7, 11) is 0. The first-order valence-electron chi connectivity index (χ1n) is 6.92. The molecule has 0 aliphatic heterocycles. The maximum atomic E-state index is 13.1. The van der Waals surface area contributed by atoms with E-state index in [4.69, 9.17) is 14.7 Å². The lowest BCUT2D eigenvalue weighted by Crippen LogP contribution is -2.44. The van der Waals surface area contributed by atoms with Crippen LogP contribution in [-0.2, 0) is 12.0 Å². The smallest absolute Gasteiger partial charge is 0.231 e. The fourth-order valence-corrected chi connectivity index (χ4v) is 2.67. The topological polar surface area (TPSA) is 78.1 Å². The van der Waals surface area contributed by atoms with Gasteiger partial charge in [-0.3, -0.25) is 0 Å². The molecule has 0 bridgehead atoms. The molecule has 1 fully saturated rings. The molecule has 3 aromatic rings. The summed E-state index contributed by atoms with van der Waals surface area (Å²) in [6, 6.07) is 4.46. The van der Waals surface area contributed by atoms with Gasteiger partial charge in [-0.1, -0.05) is 5.16 Å². The molecule has 1 saturated carbocycles. The minimum Gasteiger partial charge on any atom is -0.464 e. The highest BCUT2D eigenvalue weighted by molar-refractivity contribution is 5.81. The average molecular weight is 287 g/mol. The maximum absolute atomic E-state index is 13.1. The highest BCUT2D eigenvalue weighted by atomic mass is 19.1. The van der Waals surface area contributed by atoms with Crippen LogP contribution in [0.4, 0.5) is 4.39 Å². The van der Waals surface area contributed by atoms with Gasteiger partial charge in [-0.2, -0.15) is 4.98 Å². The van der Waals surface area contributed by atoms with Gasteiger partial charge in [0.15, 0.2) is 5.82 Å². The number of aromatic nitrogens is 2. The van der Waals surface area contributed by atoms with Crippen molar-refractivity contribution in [3.63, 3.8) is 0 Å². The van der Waals surface area contributed by atoms with Gasteiger partial charge in [0.05, 0.1) is 18.2 Å². The van der Waals surface area contributed by atoms with Gasteiger partial charge in [-0.05, 0) is 31.4 Å². The zero-order valence-electron chi connectivity index (χ0n) is 11.3. The molecule has 6 heteroatoms. The summed E-state index contributed by atoms with van der Waals surface area (Å²) in [4.78, 5) is 4.38. The van der Waals surface area contributed by atoms with Crippen molar-refractivity contribution in [2.75, 3.05) is 0 Å². The molecule has 21 heavy (non-hydrogen) atoms. The number of fused-ring (bicyclic) bond motifs is 1. The predicted molar refractivity (Wildman–Crippen MR) is 73.0 cm³/mol. The average Bonchev–Trinajstić information content (AvgIpc) is 3.04. The van der Waals surface area contributed by atoms with Crippen molar-refractivity contribution in [1.82, 2.24) is 10.1 Å². The molecule has 0 spiro atoms. The molecule has 0 unspecified atom stereocenters. The molecule has 1 aliphatic rings. The number of benzene rings is 1. The van der Waals surface area contributed by atoms with E-state index in [2.05, 4.69) is 10.1 Å². The van der Waals surface area contributed by atoms with Crippen molar-refractivity contribution in [2.24, 2.45) is 5.73 Å². The van der Waals surface area contributed by atoms with Crippen LogP contribution in [0.25, 0.3) is 11.0 Å². The van der Waals surface area contributed by atoms with Crippen LogP contribution >= 0.6 is 0 Å². The highest BCUT2D eigenvalue weighted by Crippen LogP contribution is 2.37. The monoisotopic (exact) mass is 287 g/mol. The zero-order valence-corrected chi connectivity index (χ0v) is 11.3. The Morgan fingerprint density at radius 3 is 2.95 bits per heavy atom. The summed E-state index contributed by atoms with van der Waals surface area (Å²) in [6.07, 6.45) is 4.91. The molecular weight excluding hydrogens is 273 g/mol. The Bertz CT molecular complexity index is 804. The van der Waals surface area contributed by atoms with Gasteiger partial charge in [0, 0.05) is 17.0 Å². The molecule has 2 heterocycles. The van der Waals surface area contributed by atoms with Crippen molar-refractivity contribution in [3.8, 4) is 0 Å². The van der Waals surface area contributed by atoms with Crippen LogP contribution in [0.1, 0.15) is 36.5 Å². The Morgan fingerprint density at radius 2 is 2.19 bits per heavy atom. The minimum absolute atomic E-state index is 0.321. The molecular formula is C15H14FN3O2. The number of nitrogens with zero attached hydrogens (tertiary/aromatic N) is 2. The lowest BCUT2D eigenvalue weighted by Gasteiger charge is -2.34. The second-order valence-corrected chi connectivity index (χ2v) is 5.60. The lowest BCUT2D eigenvalue weighted by atomic mass is 9.77. The summed E-state index contributed by atoms with van der Waals surface area (Å²) in [5, 5.41) is 4.83. The Kier molecular flexibility index (Phi) is 2.62. The Balaban J connectivity index is 1.63. The van der Waals surface area contributed by atoms with Crippen LogP contribution in [0.2, 0.25) is 0 Å². The number of hydrogen-bond donors (Lipinski definition) is 1. The van der Waals surface area contributed by atoms with Gasteiger partial charge in [-0.15, -0.1) is 0 Å². The second-order valence-electron chi connectivity index (χ2n) is 5.60. The van der Waals surface area contributed by atoms with Crippen molar-refractivity contribution < 1.29 is 13.3 Å². The van der Waals surface area contributed by atoms with Crippen molar-refractivity contribution in [1.29, 1.82) is 0 Å². The first-order valence-corrected chi connectivity index (χ1v) is 6.92. The van der Waals surface area contributed by atoms with Gasteiger partial charge in [0.1, 0.15) is 11.4 Å². The summed E-state index contributed by atoms with van der Waals surface area (Å²) in [6.45, 7) is 0. The zero-order chi connectivity index (χ0) is 14.4. The second kappa shape index (κ2) is 4.39. The molecule has 1 aliphatic carbocycles. The number of furan rings is 1. The first-order chi connectivity index (χ1) is 10.1. The van der Waals surface area contributed by atoms with Gasteiger partial charge in [-0.25, -0.2) is 4.39 Å². The summed E-state index contributed by atoms with van der Waals surface area (Å²) in [5.41, 5.74) is 7.15. The standard InChI is InChI=1S/C15H14FN3O2/c16-10-2-3-11-9(8-20-12(11)7-10)6-13-18-14(19-21-13)15(17)4-1-5-15/h2-3,7-8H,1,4-6,17H2. The number of halogens is 1. The Labute approximate surface area is 119 Å². The fourth-order valence-electron chi connectivity index (χ4n) is 2.67. The molecule has 0 amide bonds. The van der Waals surface area contributed by atoms with Crippen LogP contribution in [-0.4, -0.2) is 10.1 Å². The van der Waals surface area contributed by atoms with E-state index in [-0.39, 0.29) is 5.82 Å². The van der Waals surface area contributed by atoms with Crippen molar-refractivity contribution in [3.05, 3.63) is 47.6 Å². The van der Waals surface area contributed by atoms with E-state index in [1.54, 1.807) is 12.3 Å². The third kappa shape index (κ3) is 2.03. The molecule has 108 valence electrons. The van der Waals surface area contributed by atoms with Crippen LogP contribution in [0, 0.1) is 5.82 Å². The van der Waals surface area contributed by atoms with Gasteiger partial charge >= 0.3 is 0 Å². The summed E-state index contributed by atoms with van der Waals surface area (Å²) < 4.78 is 23.8. The maximum Gasteiger partial charge on any atom is 0.231 e. The molecule has 0 saturated heterocycles. The normalized spacial score (nSPS) is 17.0. The number of rotatable bonds is 3. The molecule has 1 aromatic carbocycles. The number of nitrogens with two attached hydrogens (primary N) is 1. The summed E-state index contributed by atoms with van der Waals surface area (Å²) >= 11 is 0. The van der Waals surface area contributed by atoms with Crippen molar-refractivity contribution >= 4 is 11.0 Å². The summed E-state index contributed by atoms with van der Waals surface area (Å²) in [5.74, 6) is 0.745. The quantitative estimate of drug-likeness (QED) is 0.801.